The number of fused-ring (bicyclic) bond motifs is 1. The Bertz CT molecular complexity index is 690. The zero-order chi connectivity index (χ0) is 13.2. The molecule has 19 heavy (non-hydrogen) atoms. The van der Waals surface area contributed by atoms with Gasteiger partial charge in [0, 0.05) is 15.4 Å². The lowest BCUT2D eigenvalue weighted by atomic mass is 10.2. The average molecular weight is 288 g/mol. The largest absolute Gasteiger partial charge is 0.337 e. The van der Waals surface area contributed by atoms with Gasteiger partial charge >= 0.3 is 0 Å². The summed E-state index contributed by atoms with van der Waals surface area (Å²) in [5.41, 5.74) is 2.86. The minimum atomic E-state index is 0.839. The lowest BCUT2D eigenvalue weighted by Crippen LogP contribution is -1.85. The van der Waals surface area contributed by atoms with Crippen LogP contribution in [-0.4, -0.2) is 32.7 Å². The summed E-state index contributed by atoms with van der Waals surface area (Å²) in [7, 11) is 0. The van der Waals surface area contributed by atoms with Gasteiger partial charge in [-0.05, 0) is 30.7 Å². The van der Waals surface area contributed by atoms with Crippen LogP contribution < -0.4 is 0 Å². The summed E-state index contributed by atoms with van der Waals surface area (Å²) in [5.74, 6) is 0.863. The van der Waals surface area contributed by atoms with Gasteiger partial charge in [-0.3, -0.25) is 0 Å². The number of nitrogens with one attached hydrogen (secondary N) is 1. The molecule has 0 fully saturated rings. The van der Waals surface area contributed by atoms with Crippen molar-refractivity contribution in [2.45, 2.75) is 9.79 Å². The zero-order valence-electron chi connectivity index (χ0n) is 10.5. The molecule has 0 aliphatic heterocycles. The number of H-pyrrole nitrogens is 1. The molecular weight excluding hydrogens is 276 g/mol. The molecule has 2 aromatic heterocycles. The van der Waals surface area contributed by atoms with Crippen molar-refractivity contribution in [1.82, 2.24) is 20.2 Å². The number of nitrogens with zero attached hydrogens (tertiary/aromatic N) is 3. The fraction of sp³-hybridized carbons (Fsp3) is 0.154. The summed E-state index contributed by atoms with van der Waals surface area (Å²) < 4.78 is 0. The highest BCUT2D eigenvalue weighted by molar-refractivity contribution is 7.99. The van der Waals surface area contributed by atoms with Gasteiger partial charge in [0.05, 0.1) is 17.9 Å². The van der Waals surface area contributed by atoms with E-state index in [9.17, 15) is 0 Å². The highest BCUT2D eigenvalue weighted by Crippen LogP contribution is 2.32. The first-order chi connectivity index (χ1) is 9.31. The molecule has 0 amide bonds. The van der Waals surface area contributed by atoms with Crippen LogP contribution >= 0.6 is 23.5 Å². The number of thioether (sulfide) groups is 2. The van der Waals surface area contributed by atoms with Crippen LogP contribution in [0.5, 0.6) is 0 Å². The topological polar surface area (TPSA) is 54.5 Å². The Morgan fingerprint density at radius 1 is 1.05 bits per heavy atom. The van der Waals surface area contributed by atoms with E-state index >= 15 is 0 Å². The van der Waals surface area contributed by atoms with E-state index < -0.39 is 0 Å². The number of aromatic nitrogens is 4. The number of rotatable bonds is 3. The van der Waals surface area contributed by atoms with E-state index in [1.54, 1.807) is 35.9 Å². The SMILES string of the molecule is CSc1ccc(-c2nc3cnncc3[nH]2)c(SC)c1. The molecule has 0 bridgehead atoms. The van der Waals surface area contributed by atoms with Gasteiger partial charge in [-0.25, -0.2) is 4.98 Å². The Balaban J connectivity index is 2.15. The number of imidazole rings is 1. The molecule has 4 nitrogen and oxygen atoms in total. The van der Waals surface area contributed by atoms with Crippen molar-refractivity contribution in [1.29, 1.82) is 0 Å². The second-order valence-electron chi connectivity index (χ2n) is 3.94. The summed E-state index contributed by atoms with van der Waals surface area (Å²) in [5, 5.41) is 7.71. The first kappa shape index (κ1) is 12.5. The molecule has 96 valence electrons. The third-order valence-electron chi connectivity index (χ3n) is 2.86. The van der Waals surface area contributed by atoms with Gasteiger partial charge in [0.2, 0.25) is 0 Å². The third kappa shape index (κ3) is 2.33. The van der Waals surface area contributed by atoms with Crippen LogP contribution in [0.1, 0.15) is 0 Å². The summed E-state index contributed by atoms with van der Waals surface area (Å²) in [6.45, 7) is 0. The third-order valence-corrected chi connectivity index (χ3v) is 4.36. The van der Waals surface area contributed by atoms with Gasteiger partial charge in [0.15, 0.2) is 0 Å². The Morgan fingerprint density at radius 2 is 1.89 bits per heavy atom. The van der Waals surface area contributed by atoms with Crippen LogP contribution in [-0.2, 0) is 0 Å². The van der Waals surface area contributed by atoms with Gasteiger partial charge in [-0.1, -0.05) is 0 Å². The fourth-order valence-electron chi connectivity index (χ4n) is 1.90. The molecular formula is C13H12N4S2. The molecule has 0 atom stereocenters. The van der Waals surface area contributed by atoms with E-state index in [0.29, 0.717) is 0 Å². The zero-order valence-corrected chi connectivity index (χ0v) is 12.2. The fourth-order valence-corrected chi connectivity index (χ4v) is 3.04. The molecule has 0 aliphatic carbocycles. The molecule has 3 aromatic rings. The van der Waals surface area contributed by atoms with E-state index in [1.807, 2.05) is 0 Å². The summed E-state index contributed by atoms with van der Waals surface area (Å²) >= 11 is 3.47. The van der Waals surface area contributed by atoms with Crippen LogP contribution in [0.3, 0.4) is 0 Å². The second kappa shape index (κ2) is 5.22. The van der Waals surface area contributed by atoms with Gasteiger partial charge in [0.25, 0.3) is 0 Å². The molecule has 0 spiro atoms. The predicted molar refractivity (Wildman–Crippen MR) is 80.7 cm³/mol. The Kier molecular flexibility index (Phi) is 3.44. The van der Waals surface area contributed by atoms with Crippen LogP contribution in [0.4, 0.5) is 0 Å². The van der Waals surface area contributed by atoms with Gasteiger partial charge in [0.1, 0.15) is 11.3 Å². The standard InChI is InChI=1S/C13H12N4S2/c1-18-8-3-4-9(12(5-8)19-2)13-16-10-6-14-15-7-11(10)17-13/h3-7H,1-2H3,(H,16,17). The second-order valence-corrected chi connectivity index (χ2v) is 5.67. The molecule has 1 N–H and O–H groups in total. The summed E-state index contributed by atoms with van der Waals surface area (Å²) in [6, 6.07) is 6.41. The van der Waals surface area contributed by atoms with Crippen LogP contribution in [0.25, 0.3) is 22.4 Å². The number of benzene rings is 1. The quantitative estimate of drug-likeness (QED) is 0.748. The maximum absolute atomic E-state index is 4.57. The number of hydrogen-bond acceptors (Lipinski definition) is 5. The normalized spacial score (nSPS) is 11.1. The monoisotopic (exact) mass is 288 g/mol. The van der Waals surface area contributed by atoms with Crippen LogP contribution in [0.2, 0.25) is 0 Å². The maximum atomic E-state index is 4.57. The van der Waals surface area contributed by atoms with Crippen LogP contribution in [0.15, 0.2) is 40.4 Å². The molecule has 0 saturated heterocycles. The average Bonchev–Trinajstić information content (AvgIpc) is 2.90. The number of hydrogen-bond donors (Lipinski definition) is 1. The van der Waals surface area contributed by atoms with Crippen molar-refractivity contribution in [3.8, 4) is 11.4 Å². The minimum absolute atomic E-state index is 0.839. The Labute approximate surface area is 119 Å². The molecule has 2 heterocycles. The highest BCUT2D eigenvalue weighted by Gasteiger charge is 2.10. The van der Waals surface area contributed by atoms with Crippen molar-refractivity contribution in [2.75, 3.05) is 12.5 Å². The van der Waals surface area contributed by atoms with Crippen molar-refractivity contribution < 1.29 is 0 Å². The lowest BCUT2D eigenvalue weighted by Gasteiger charge is -2.06. The molecule has 6 heteroatoms. The van der Waals surface area contributed by atoms with Gasteiger partial charge in [-0.15, -0.1) is 23.5 Å². The first-order valence-corrected chi connectivity index (χ1v) is 8.15. The lowest BCUT2D eigenvalue weighted by molar-refractivity contribution is 1.05. The molecule has 1 aromatic carbocycles. The van der Waals surface area contributed by atoms with Crippen molar-refractivity contribution in [2.24, 2.45) is 0 Å². The van der Waals surface area contributed by atoms with Gasteiger partial charge < -0.3 is 4.98 Å². The van der Waals surface area contributed by atoms with Crippen molar-refractivity contribution in [3.63, 3.8) is 0 Å². The smallest absolute Gasteiger partial charge is 0.139 e. The van der Waals surface area contributed by atoms with E-state index in [4.69, 9.17) is 0 Å². The van der Waals surface area contributed by atoms with E-state index in [0.717, 1.165) is 22.4 Å². The summed E-state index contributed by atoms with van der Waals surface area (Å²) in [4.78, 5) is 10.3. The molecule has 0 aliphatic rings. The molecule has 0 saturated carbocycles. The molecule has 3 rings (SSSR count). The van der Waals surface area contributed by atoms with Crippen molar-refractivity contribution in [3.05, 3.63) is 30.6 Å². The molecule has 0 unspecified atom stereocenters. The van der Waals surface area contributed by atoms with E-state index in [-0.39, 0.29) is 0 Å². The van der Waals surface area contributed by atoms with Crippen molar-refractivity contribution >= 4 is 34.6 Å². The number of aromatic amines is 1. The van der Waals surface area contributed by atoms with E-state index in [2.05, 4.69) is 50.9 Å². The maximum Gasteiger partial charge on any atom is 0.139 e. The Morgan fingerprint density at radius 3 is 2.63 bits per heavy atom. The highest BCUT2D eigenvalue weighted by atomic mass is 32.2. The minimum Gasteiger partial charge on any atom is -0.337 e. The summed E-state index contributed by atoms with van der Waals surface area (Å²) in [6.07, 6.45) is 7.53. The Hall–Kier alpha value is -1.53. The van der Waals surface area contributed by atoms with Crippen LogP contribution in [0, 0.1) is 0 Å². The molecule has 0 radical (unpaired) electrons. The van der Waals surface area contributed by atoms with E-state index in [1.165, 1.54) is 9.79 Å². The van der Waals surface area contributed by atoms with Gasteiger partial charge in [-0.2, -0.15) is 10.2 Å². The first-order valence-electron chi connectivity index (χ1n) is 5.70. The predicted octanol–water partition coefficient (Wildman–Crippen LogP) is 3.46.